The minimum absolute atomic E-state index is 0.000626. The van der Waals surface area contributed by atoms with Gasteiger partial charge >= 0.3 is 0 Å². The van der Waals surface area contributed by atoms with Crippen LogP contribution in [0.25, 0.3) is 6.08 Å². The lowest BCUT2D eigenvalue weighted by atomic mass is 10.1. The van der Waals surface area contributed by atoms with Crippen LogP contribution in [-0.2, 0) is 9.59 Å². The molecule has 1 aliphatic heterocycles. The first-order valence-electron chi connectivity index (χ1n) is 8.67. The van der Waals surface area contributed by atoms with Gasteiger partial charge in [0.25, 0.3) is 5.69 Å². The monoisotopic (exact) mass is 365 g/mol. The highest BCUT2D eigenvalue weighted by atomic mass is 16.6. The summed E-state index contributed by atoms with van der Waals surface area (Å²) < 4.78 is 0. The van der Waals surface area contributed by atoms with Crippen LogP contribution in [0.3, 0.4) is 0 Å². The number of nitrogens with zero attached hydrogens (tertiary/aromatic N) is 2. The molecule has 1 heterocycles. The SMILES string of the molecule is O=C(/C=C/c1ccc([N+](=O)[O-])cc1)Nc1cccc(N2CCCCC2=O)c1. The molecule has 2 amide bonds. The summed E-state index contributed by atoms with van der Waals surface area (Å²) in [5.74, 6) is -0.224. The summed E-state index contributed by atoms with van der Waals surface area (Å²) >= 11 is 0. The highest BCUT2D eigenvalue weighted by Gasteiger charge is 2.19. The van der Waals surface area contributed by atoms with Gasteiger partial charge in [-0.25, -0.2) is 0 Å². The molecule has 0 bridgehead atoms. The van der Waals surface area contributed by atoms with Crippen molar-refractivity contribution in [2.75, 3.05) is 16.8 Å². The Bertz CT molecular complexity index is 890. The van der Waals surface area contributed by atoms with E-state index in [9.17, 15) is 19.7 Å². The van der Waals surface area contributed by atoms with Gasteiger partial charge in [-0.05, 0) is 54.8 Å². The van der Waals surface area contributed by atoms with Gasteiger partial charge in [-0.15, -0.1) is 0 Å². The number of hydrogen-bond acceptors (Lipinski definition) is 4. The summed E-state index contributed by atoms with van der Waals surface area (Å²) in [6.07, 6.45) is 5.38. The third-order valence-corrected chi connectivity index (χ3v) is 4.28. The predicted octanol–water partition coefficient (Wildman–Crippen LogP) is 3.76. The molecule has 27 heavy (non-hydrogen) atoms. The van der Waals surface area contributed by atoms with Crippen molar-refractivity contribution in [2.45, 2.75) is 19.3 Å². The lowest BCUT2D eigenvalue weighted by Crippen LogP contribution is -2.35. The largest absolute Gasteiger partial charge is 0.322 e. The highest BCUT2D eigenvalue weighted by molar-refractivity contribution is 6.02. The molecule has 1 saturated heterocycles. The second kappa shape index (κ2) is 8.27. The van der Waals surface area contributed by atoms with E-state index in [-0.39, 0.29) is 17.5 Å². The molecular weight excluding hydrogens is 346 g/mol. The molecule has 0 aliphatic carbocycles. The van der Waals surface area contributed by atoms with Gasteiger partial charge in [0, 0.05) is 42.5 Å². The maximum absolute atomic E-state index is 12.1. The molecule has 0 radical (unpaired) electrons. The van der Waals surface area contributed by atoms with Crippen molar-refractivity contribution < 1.29 is 14.5 Å². The van der Waals surface area contributed by atoms with Crippen LogP contribution in [0, 0.1) is 10.1 Å². The van der Waals surface area contributed by atoms with Crippen LogP contribution in [-0.4, -0.2) is 23.3 Å². The van der Waals surface area contributed by atoms with E-state index in [0.717, 1.165) is 18.5 Å². The zero-order valence-corrected chi connectivity index (χ0v) is 14.6. The Morgan fingerprint density at radius 2 is 1.93 bits per heavy atom. The smallest absolute Gasteiger partial charge is 0.269 e. The molecule has 0 aromatic heterocycles. The predicted molar refractivity (Wildman–Crippen MR) is 103 cm³/mol. The number of hydrogen-bond donors (Lipinski definition) is 1. The fraction of sp³-hybridized carbons (Fsp3) is 0.200. The van der Waals surface area contributed by atoms with Crippen molar-refractivity contribution in [3.8, 4) is 0 Å². The van der Waals surface area contributed by atoms with Crippen LogP contribution in [0.2, 0.25) is 0 Å². The van der Waals surface area contributed by atoms with Crippen molar-refractivity contribution in [3.63, 3.8) is 0 Å². The fourth-order valence-electron chi connectivity index (χ4n) is 2.89. The van der Waals surface area contributed by atoms with Gasteiger partial charge < -0.3 is 10.2 Å². The molecule has 2 aromatic rings. The van der Waals surface area contributed by atoms with Crippen molar-refractivity contribution in [1.29, 1.82) is 0 Å². The Morgan fingerprint density at radius 1 is 1.15 bits per heavy atom. The van der Waals surface area contributed by atoms with E-state index in [1.165, 1.54) is 18.2 Å². The number of carbonyl (C=O) groups excluding carboxylic acids is 2. The normalized spacial score (nSPS) is 14.4. The first-order valence-corrected chi connectivity index (χ1v) is 8.67. The van der Waals surface area contributed by atoms with Crippen molar-refractivity contribution in [2.24, 2.45) is 0 Å². The number of nitro benzene ring substituents is 1. The third kappa shape index (κ3) is 4.78. The van der Waals surface area contributed by atoms with Crippen LogP contribution in [0.1, 0.15) is 24.8 Å². The van der Waals surface area contributed by atoms with Crippen LogP contribution in [0.5, 0.6) is 0 Å². The van der Waals surface area contributed by atoms with E-state index in [1.807, 2.05) is 6.07 Å². The van der Waals surface area contributed by atoms with Crippen LogP contribution < -0.4 is 10.2 Å². The summed E-state index contributed by atoms with van der Waals surface area (Å²) in [6, 6.07) is 13.1. The molecule has 1 N–H and O–H groups in total. The van der Waals surface area contributed by atoms with Gasteiger partial charge in [0.1, 0.15) is 0 Å². The summed E-state index contributed by atoms with van der Waals surface area (Å²) in [4.78, 5) is 36.1. The van der Waals surface area contributed by atoms with Crippen LogP contribution >= 0.6 is 0 Å². The number of nitrogens with one attached hydrogen (secondary N) is 1. The Hall–Kier alpha value is -3.48. The van der Waals surface area contributed by atoms with Crippen LogP contribution in [0.15, 0.2) is 54.6 Å². The van der Waals surface area contributed by atoms with E-state index in [0.29, 0.717) is 24.2 Å². The first-order chi connectivity index (χ1) is 13.0. The van der Waals surface area contributed by atoms with E-state index < -0.39 is 4.92 Å². The minimum Gasteiger partial charge on any atom is -0.322 e. The van der Waals surface area contributed by atoms with Crippen molar-refractivity contribution in [3.05, 3.63) is 70.3 Å². The molecule has 0 spiro atoms. The standard InChI is InChI=1S/C20H19N3O4/c24-19(12-9-15-7-10-17(11-8-15)23(26)27)21-16-4-3-5-18(14-16)22-13-2-1-6-20(22)25/h3-5,7-12,14H,1-2,6,13H2,(H,21,24)/b12-9+. The number of non-ortho nitro benzene ring substituents is 1. The molecule has 3 rings (SSSR count). The maximum Gasteiger partial charge on any atom is 0.269 e. The average Bonchev–Trinajstić information content (AvgIpc) is 2.67. The van der Waals surface area contributed by atoms with Crippen LogP contribution in [0.4, 0.5) is 17.1 Å². The molecule has 7 nitrogen and oxygen atoms in total. The number of benzene rings is 2. The lowest BCUT2D eigenvalue weighted by molar-refractivity contribution is -0.384. The molecule has 2 aromatic carbocycles. The molecule has 0 atom stereocenters. The zero-order valence-electron chi connectivity index (χ0n) is 14.6. The van der Waals surface area contributed by atoms with Gasteiger partial charge in [-0.3, -0.25) is 19.7 Å². The molecule has 0 saturated carbocycles. The number of carbonyl (C=O) groups is 2. The third-order valence-electron chi connectivity index (χ3n) is 4.28. The number of anilines is 2. The van der Waals surface area contributed by atoms with E-state index in [2.05, 4.69) is 5.32 Å². The van der Waals surface area contributed by atoms with Gasteiger partial charge in [0.2, 0.25) is 11.8 Å². The summed E-state index contributed by atoms with van der Waals surface area (Å²) in [7, 11) is 0. The van der Waals surface area contributed by atoms with Crippen molar-refractivity contribution >= 4 is 35.0 Å². The molecule has 0 unspecified atom stereocenters. The Kier molecular flexibility index (Phi) is 5.61. The lowest BCUT2D eigenvalue weighted by Gasteiger charge is -2.27. The quantitative estimate of drug-likeness (QED) is 0.496. The summed E-state index contributed by atoms with van der Waals surface area (Å²) in [6.45, 7) is 0.691. The van der Waals surface area contributed by atoms with E-state index >= 15 is 0 Å². The topological polar surface area (TPSA) is 92.5 Å². The molecule has 1 aliphatic rings. The maximum atomic E-state index is 12.1. The van der Waals surface area contributed by atoms with Gasteiger partial charge in [0.15, 0.2) is 0 Å². The average molecular weight is 365 g/mol. The van der Waals surface area contributed by atoms with Gasteiger partial charge in [-0.2, -0.15) is 0 Å². The second-order valence-electron chi connectivity index (χ2n) is 6.22. The van der Waals surface area contributed by atoms with Crippen molar-refractivity contribution in [1.82, 2.24) is 0 Å². The highest BCUT2D eigenvalue weighted by Crippen LogP contribution is 2.24. The first kappa shape index (κ1) is 18.3. The van der Waals surface area contributed by atoms with E-state index in [1.54, 1.807) is 41.3 Å². The fourth-order valence-corrected chi connectivity index (χ4v) is 2.89. The second-order valence-corrected chi connectivity index (χ2v) is 6.22. The minimum atomic E-state index is -0.472. The Morgan fingerprint density at radius 3 is 2.63 bits per heavy atom. The Balaban J connectivity index is 1.64. The van der Waals surface area contributed by atoms with Gasteiger partial charge in [-0.1, -0.05) is 6.07 Å². The number of nitro groups is 1. The molecule has 1 fully saturated rings. The number of rotatable bonds is 5. The molecule has 7 heteroatoms. The van der Waals surface area contributed by atoms with Gasteiger partial charge in [0.05, 0.1) is 4.92 Å². The van der Waals surface area contributed by atoms with E-state index in [4.69, 9.17) is 0 Å². The summed E-state index contributed by atoms with van der Waals surface area (Å²) in [5.41, 5.74) is 2.06. The summed E-state index contributed by atoms with van der Waals surface area (Å²) in [5, 5.41) is 13.4. The number of amides is 2. The molecule has 138 valence electrons. The molecular formula is C20H19N3O4. The zero-order chi connectivity index (χ0) is 19.2. The Labute approximate surface area is 156 Å². The number of piperidine rings is 1.